The quantitative estimate of drug-likeness (QED) is 0.388. The molecule has 0 aromatic carbocycles. The Bertz CT molecular complexity index is 1230. The second kappa shape index (κ2) is 9.18. The molecule has 0 aliphatic carbocycles. The Morgan fingerprint density at radius 1 is 1.40 bits per heavy atom. The fourth-order valence-electron chi connectivity index (χ4n) is 3.69. The molecule has 35 heavy (non-hydrogen) atoms. The second-order valence-corrected chi connectivity index (χ2v) is 9.86. The lowest BCUT2D eigenvalue weighted by atomic mass is 10.0. The summed E-state index contributed by atoms with van der Waals surface area (Å²) in [6.45, 7) is 2.75. The van der Waals surface area contributed by atoms with Crippen molar-refractivity contribution in [3.8, 4) is 0 Å². The SMILES string of the molecule is Cc1cc(C(F)(F)F)nn1[C@H](C)C(=O)N[C@H]1C(=O)N2C(C(=O)O)=C(CSc3nnnn3C)CS[C@H]12. The first kappa shape index (κ1) is 25.0. The Hall–Kier alpha value is -3.08. The molecule has 0 bridgehead atoms. The molecule has 0 unspecified atom stereocenters. The Morgan fingerprint density at radius 2 is 2.11 bits per heavy atom. The van der Waals surface area contributed by atoms with E-state index in [0.717, 1.165) is 15.6 Å². The monoisotopic (exact) mass is 532 g/mol. The van der Waals surface area contributed by atoms with Gasteiger partial charge in [-0.2, -0.15) is 18.3 Å². The molecule has 2 aromatic heterocycles. The third-order valence-electron chi connectivity index (χ3n) is 5.46. The number of carbonyl (C=O) groups excluding carboxylic acids is 2. The standard InChI is InChI=1S/C18H19F3N8O4S2/c1-7-4-10(18(19,20)21)24-29(7)8(2)13(30)22-11-14(31)28-12(16(32)33)9(5-34-15(11)28)6-35-17-23-25-26-27(17)3/h4,8,11,15H,5-6H2,1-3H3,(H,22,30)(H,32,33)/t8-,11+,15-/m1/s1. The lowest BCUT2D eigenvalue weighted by molar-refractivity contribution is -0.151. The van der Waals surface area contributed by atoms with Crippen LogP contribution in [0.5, 0.6) is 0 Å². The van der Waals surface area contributed by atoms with Gasteiger partial charge in [-0.3, -0.25) is 19.2 Å². The summed E-state index contributed by atoms with van der Waals surface area (Å²) >= 11 is 2.50. The van der Waals surface area contributed by atoms with Crippen LogP contribution in [0.25, 0.3) is 0 Å². The molecule has 188 valence electrons. The highest BCUT2D eigenvalue weighted by Gasteiger charge is 2.54. The van der Waals surface area contributed by atoms with Crippen LogP contribution in [0.2, 0.25) is 0 Å². The van der Waals surface area contributed by atoms with Crippen molar-refractivity contribution in [2.45, 2.75) is 42.6 Å². The zero-order chi connectivity index (χ0) is 25.7. The van der Waals surface area contributed by atoms with E-state index in [0.29, 0.717) is 16.5 Å². The lowest BCUT2D eigenvalue weighted by Gasteiger charge is -2.49. The number of hydrogen-bond acceptors (Lipinski definition) is 9. The molecule has 2 N–H and O–H groups in total. The first-order valence-corrected chi connectivity index (χ1v) is 12.1. The van der Waals surface area contributed by atoms with Crippen LogP contribution in [-0.2, 0) is 27.6 Å². The number of amides is 2. The number of alkyl halides is 3. The molecule has 17 heteroatoms. The average molecular weight is 533 g/mol. The van der Waals surface area contributed by atoms with Crippen molar-refractivity contribution in [3.05, 3.63) is 28.7 Å². The van der Waals surface area contributed by atoms with E-state index in [1.807, 2.05) is 0 Å². The molecule has 4 heterocycles. The molecular formula is C18H19F3N8O4S2. The third-order valence-corrected chi connectivity index (χ3v) is 7.90. The first-order valence-electron chi connectivity index (χ1n) is 10.1. The summed E-state index contributed by atoms with van der Waals surface area (Å²) in [7, 11) is 1.64. The molecule has 3 atom stereocenters. The molecule has 1 saturated heterocycles. The van der Waals surface area contributed by atoms with Crippen LogP contribution in [0.1, 0.15) is 24.4 Å². The number of rotatable bonds is 7. The minimum absolute atomic E-state index is 0.130. The van der Waals surface area contributed by atoms with Crippen molar-refractivity contribution in [1.29, 1.82) is 0 Å². The summed E-state index contributed by atoms with van der Waals surface area (Å²) in [4.78, 5) is 38.7. The molecule has 0 saturated carbocycles. The third kappa shape index (κ3) is 4.61. The van der Waals surface area contributed by atoms with E-state index >= 15 is 0 Å². The van der Waals surface area contributed by atoms with Crippen LogP contribution in [0, 0.1) is 6.92 Å². The van der Waals surface area contributed by atoms with Crippen molar-refractivity contribution in [2.75, 3.05) is 11.5 Å². The number of aromatic nitrogens is 6. The van der Waals surface area contributed by atoms with Crippen molar-refractivity contribution in [1.82, 2.24) is 40.2 Å². The van der Waals surface area contributed by atoms with Gasteiger partial charge in [0.2, 0.25) is 11.1 Å². The fourth-order valence-corrected chi connectivity index (χ4v) is 6.03. The molecular weight excluding hydrogens is 513 g/mol. The van der Waals surface area contributed by atoms with Gasteiger partial charge in [-0.15, -0.1) is 16.9 Å². The number of nitrogens with zero attached hydrogens (tertiary/aromatic N) is 7. The molecule has 2 aliphatic heterocycles. The van der Waals surface area contributed by atoms with Crippen molar-refractivity contribution in [3.63, 3.8) is 0 Å². The maximum Gasteiger partial charge on any atom is 0.435 e. The minimum atomic E-state index is -4.66. The van der Waals surface area contributed by atoms with Gasteiger partial charge in [0, 0.05) is 24.2 Å². The van der Waals surface area contributed by atoms with Gasteiger partial charge in [0.25, 0.3) is 5.91 Å². The predicted molar refractivity (Wildman–Crippen MR) is 116 cm³/mol. The average Bonchev–Trinajstić information content (AvgIpc) is 3.39. The van der Waals surface area contributed by atoms with Gasteiger partial charge in [-0.25, -0.2) is 9.48 Å². The first-order chi connectivity index (χ1) is 16.4. The van der Waals surface area contributed by atoms with E-state index in [1.165, 1.54) is 42.1 Å². The van der Waals surface area contributed by atoms with Crippen molar-refractivity contribution >= 4 is 41.3 Å². The van der Waals surface area contributed by atoms with Gasteiger partial charge in [0.05, 0.1) is 0 Å². The molecule has 2 aliphatic rings. The maximum absolute atomic E-state index is 13.0. The van der Waals surface area contributed by atoms with Gasteiger partial charge in [0.1, 0.15) is 23.2 Å². The number of halogens is 3. The number of hydrogen-bond donors (Lipinski definition) is 2. The molecule has 2 aromatic rings. The number of aryl methyl sites for hydroxylation is 2. The largest absolute Gasteiger partial charge is 0.477 e. The highest BCUT2D eigenvalue weighted by molar-refractivity contribution is 8.01. The Labute approximate surface area is 204 Å². The van der Waals surface area contributed by atoms with E-state index in [4.69, 9.17) is 0 Å². The summed E-state index contributed by atoms with van der Waals surface area (Å²) in [5.41, 5.74) is -0.644. The highest BCUT2D eigenvalue weighted by Crippen LogP contribution is 2.41. The van der Waals surface area contributed by atoms with Crippen LogP contribution in [0.15, 0.2) is 22.5 Å². The number of aliphatic carboxylic acids is 1. The fraction of sp³-hybridized carbons (Fsp3) is 0.500. The van der Waals surface area contributed by atoms with Crippen LogP contribution in [0.4, 0.5) is 13.2 Å². The van der Waals surface area contributed by atoms with Gasteiger partial charge in [0.15, 0.2) is 5.69 Å². The molecule has 1 fully saturated rings. The highest BCUT2D eigenvalue weighted by atomic mass is 32.2. The van der Waals surface area contributed by atoms with Crippen LogP contribution >= 0.6 is 23.5 Å². The van der Waals surface area contributed by atoms with E-state index in [2.05, 4.69) is 25.9 Å². The topological polar surface area (TPSA) is 148 Å². The second-order valence-electron chi connectivity index (χ2n) is 7.82. The predicted octanol–water partition coefficient (Wildman–Crippen LogP) is 0.826. The molecule has 0 spiro atoms. The Morgan fingerprint density at radius 3 is 2.69 bits per heavy atom. The Kier molecular flexibility index (Phi) is 6.56. The van der Waals surface area contributed by atoms with Gasteiger partial charge < -0.3 is 10.4 Å². The molecule has 12 nitrogen and oxygen atoms in total. The molecule has 4 rings (SSSR count). The normalized spacial score (nSPS) is 21.0. The zero-order valence-electron chi connectivity index (χ0n) is 18.5. The summed E-state index contributed by atoms with van der Waals surface area (Å²) in [6.07, 6.45) is -4.66. The number of carboxylic acids is 1. The van der Waals surface area contributed by atoms with Crippen LogP contribution in [-0.4, -0.2) is 80.7 Å². The number of thioether (sulfide) groups is 2. The zero-order valence-corrected chi connectivity index (χ0v) is 20.1. The van der Waals surface area contributed by atoms with Crippen LogP contribution in [0.3, 0.4) is 0 Å². The van der Waals surface area contributed by atoms with Gasteiger partial charge in [-0.1, -0.05) is 11.8 Å². The lowest BCUT2D eigenvalue weighted by Crippen LogP contribution is -2.71. The summed E-state index contributed by atoms with van der Waals surface area (Å²) in [5.74, 6) is -2.06. The molecule has 0 radical (unpaired) electrons. The van der Waals surface area contributed by atoms with Gasteiger partial charge >= 0.3 is 12.1 Å². The van der Waals surface area contributed by atoms with E-state index < -0.39 is 47.1 Å². The number of carbonyl (C=O) groups is 3. The van der Waals surface area contributed by atoms with Crippen molar-refractivity contribution in [2.24, 2.45) is 7.05 Å². The summed E-state index contributed by atoms with van der Waals surface area (Å²) in [6, 6.07) is -1.31. The van der Waals surface area contributed by atoms with Crippen LogP contribution < -0.4 is 5.32 Å². The number of β-lactam (4-membered cyclic amide) rings is 1. The van der Waals surface area contributed by atoms with E-state index in [9.17, 15) is 32.7 Å². The number of tetrazole rings is 1. The van der Waals surface area contributed by atoms with Crippen molar-refractivity contribution < 1.29 is 32.7 Å². The number of fused-ring (bicyclic) bond motifs is 1. The number of nitrogens with one attached hydrogen (secondary N) is 1. The number of carboxylic acid groups (broad SMARTS) is 1. The maximum atomic E-state index is 13.0. The Balaban J connectivity index is 1.46. The molecule has 2 amide bonds. The smallest absolute Gasteiger partial charge is 0.435 e. The minimum Gasteiger partial charge on any atom is -0.477 e. The van der Waals surface area contributed by atoms with E-state index in [1.54, 1.807) is 7.05 Å². The summed E-state index contributed by atoms with van der Waals surface area (Å²) < 4.78 is 41.2. The summed E-state index contributed by atoms with van der Waals surface area (Å²) in [5, 5.41) is 26.6. The van der Waals surface area contributed by atoms with Gasteiger partial charge in [-0.05, 0) is 35.9 Å². The van der Waals surface area contributed by atoms with E-state index in [-0.39, 0.29) is 17.1 Å².